The fourth-order valence-corrected chi connectivity index (χ4v) is 1.29. The minimum absolute atomic E-state index is 0.213. The molecule has 1 aromatic carbocycles. The molecule has 0 unspecified atom stereocenters. The number of phenolic OH excluding ortho intramolecular Hbond substituents is 1. The van der Waals surface area contributed by atoms with Gasteiger partial charge in [0.25, 0.3) is 0 Å². The monoisotopic (exact) mass is 240 g/mol. The van der Waals surface area contributed by atoms with Crippen molar-refractivity contribution in [2.24, 2.45) is 0 Å². The lowest BCUT2D eigenvalue weighted by Crippen LogP contribution is -1.75. The number of aldehydes is 1. The first-order valence-electron chi connectivity index (χ1n) is 3.82. The van der Waals surface area contributed by atoms with E-state index in [9.17, 15) is 9.90 Å². The molecule has 0 amide bonds. The van der Waals surface area contributed by atoms with Crippen molar-refractivity contribution < 1.29 is 9.90 Å². The van der Waals surface area contributed by atoms with Crippen molar-refractivity contribution in [2.75, 3.05) is 0 Å². The molecule has 0 aliphatic carbocycles. The molecule has 0 bridgehead atoms. The van der Waals surface area contributed by atoms with Gasteiger partial charge in [-0.25, -0.2) is 0 Å². The molecule has 0 spiro atoms. The van der Waals surface area contributed by atoms with Crippen LogP contribution in [0.25, 0.3) is 6.08 Å². The van der Waals surface area contributed by atoms with Gasteiger partial charge < -0.3 is 9.90 Å². The first-order valence-corrected chi connectivity index (χ1v) is 4.62. The van der Waals surface area contributed by atoms with Gasteiger partial charge in [-0.1, -0.05) is 28.1 Å². The van der Waals surface area contributed by atoms with Crippen LogP contribution in [0.5, 0.6) is 5.75 Å². The lowest BCUT2D eigenvalue weighted by atomic mass is 10.2. The van der Waals surface area contributed by atoms with E-state index in [-0.39, 0.29) is 5.75 Å². The predicted molar refractivity (Wildman–Crippen MR) is 55.5 cm³/mol. The molecule has 0 saturated heterocycles. The summed E-state index contributed by atoms with van der Waals surface area (Å²) in [5.74, 6) is 0.213. The van der Waals surface area contributed by atoms with Crippen molar-refractivity contribution in [1.29, 1.82) is 0 Å². The third kappa shape index (κ3) is 3.03. The molecular weight excluding hydrogens is 232 g/mol. The number of aromatic hydroxyl groups is 1. The van der Waals surface area contributed by atoms with E-state index in [0.29, 0.717) is 12.0 Å². The van der Waals surface area contributed by atoms with Crippen molar-refractivity contribution in [3.8, 4) is 5.75 Å². The summed E-state index contributed by atoms with van der Waals surface area (Å²) in [7, 11) is 0. The SMILES string of the molecule is O=CCC=Cc1cc(Br)ccc1O. The van der Waals surface area contributed by atoms with Gasteiger partial charge in [0.15, 0.2) is 0 Å². The quantitative estimate of drug-likeness (QED) is 0.826. The maximum absolute atomic E-state index is 10.0. The fraction of sp³-hybridized carbons (Fsp3) is 0.100. The number of rotatable bonds is 3. The molecule has 0 fully saturated rings. The predicted octanol–water partition coefficient (Wildman–Crippen LogP) is 2.76. The number of halogens is 1. The smallest absolute Gasteiger partial charge is 0.123 e. The Bertz CT molecular complexity index is 332. The van der Waals surface area contributed by atoms with Gasteiger partial charge >= 0.3 is 0 Å². The van der Waals surface area contributed by atoms with Crippen LogP contribution in [0.2, 0.25) is 0 Å². The van der Waals surface area contributed by atoms with Gasteiger partial charge in [-0.05, 0) is 18.2 Å². The second-order valence-corrected chi connectivity index (χ2v) is 3.42. The van der Waals surface area contributed by atoms with E-state index in [1.807, 2.05) is 0 Å². The largest absolute Gasteiger partial charge is 0.507 e. The molecule has 0 heterocycles. The summed E-state index contributed by atoms with van der Waals surface area (Å²) in [5.41, 5.74) is 0.705. The molecule has 0 aliphatic rings. The van der Waals surface area contributed by atoms with E-state index in [4.69, 9.17) is 0 Å². The molecule has 1 rings (SSSR count). The number of hydrogen-bond acceptors (Lipinski definition) is 2. The zero-order valence-corrected chi connectivity index (χ0v) is 8.49. The van der Waals surface area contributed by atoms with Crippen LogP contribution in [0.1, 0.15) is 12.0 Å². The summed E-state index contributed by atoms with van der Waals surface area (Å²) >= 11 is 3.29. The lowest BCUT2D eigenvalue weighted by Gasteiger charge is -1.98. The number of allylic oxidation sites excluding steroid dienone is 1. The molecule has 1 N–H and O–H groups in total. The summed E-state index contributed by atoms with van der Waals surface area (Å²) in [6, 6.07) is 5.15. The Morgan fingerprint density at radius 1 is 1.46 bits per heavy atom. The van der Waals surface area contributed by atoms with Crippen molar-refractivity contribution in [3.63, 3.8) is 0 Å². The Balaban J connectivity index is 2.86. The van der Waals surface area contributed by atoms with Crippen molar-refractivity contribution in [2.45, 2.75) is 6.42 Å². The van der Waals surface area contributed by atoms with Crippen molar-refractivity contribution >= 4 is 28.3 Å². The molecule has 1 aromatic rings. The minimum Gasteiger partial charge on any atom is -0.507 e. The highest BCUT2D eigenvalue weighted by Gasteiger charge is 1.96. The number of phenols is 1. The Labute approximate surface area is 85.0 Å². The number of carbonyl (C=O) groups is 1. The summed E-state index contributed by atoms with van der Waals surface area (Å²) < 4.78 is 0.899. The van der Waals surface area contributed by atoms with E-state index in [2.05, 4.69) is 15.9 Å². The van der Waals surface area contributed by atoms with E-state index in [0.717, 1.165) is 10.8 Å². The Morgan fingerprint density at radius 2 is 2.23 bits per heavy atom. The molecule has 0 atom stereocenters. The molecule has 3 heteroatoms. The van der Waals surface area contributed by atoms with Crippen LogP contribution < -0.4 is 0 Å². The molecule has 0 radical (unpaired) electrons. The maximum atomic E-state index is 10.0. The molecular formula is C10H9BrO2. The Hall–Kier alpha value is -1.09. The summed E-state index contributed by atoms with van der Waals surface area (Å²) in [5, 5.41) is 9.37. The van der Waals surface area contributed by atoms with Crippen LogP contribution in [-0.2, 0) is 4.79 Å². The van der Waals surface area contributed by atoms with Gasteiger partial charge in [-0.3, -0.25) is 0 Å². The molecule has 0 aliphatic heterocycles. The Kier molecular flexibility index (Phi) is 3.71. The van der Waals surface area contributed by atoms with E-state index < -0.39 is 0 Å². The third-order valence-electron chi connectivity index (χ3n) is 1.52. The highest BCUT2D eigenvalue weighted by atomic mass is 79.9. The van der Waals surface area contributed by atoms with Crippen molar-refractivity contribution in [3.05, 3.63) is 34.3 Å². The average molecular weight is 241 g/mol. The standard InChI is InChI=1S/C10H9BrO2/c11-9-4-5-10(13)8(7-9)3-1-2-6-12/h1,3-7,13H,2H2. The molecule has 68 valence electrons. The zero-order valence-electron chi connectivity index (χ0n) is 6.90. The second-order valence-electron chi connectivity index (χ2n) is 2.51. The van der Waals surface area contributed by atoms with Crippen LogP contribution in [0.3, 0.4) is 0 Å². The first kappa shape index (κ1) is 9.99. The molecule has 2 nitrogen and oxygen atoms in total. The number of carbonyl (C=O) groups excluding carboxylic acids is 1. The van der Waals surface area contributed by atoms with Gasteiger partial charge in [-0.15, -0.1) is 0 Å². The van der Waals surface area contributed by atoms with Gasteiger partial charge in [-0.2, -0.15) is 0 Å². The fourth-order valence-electron chi connectivity index (χ4n) is 0.909. The highest BCUT2D eigenvalue weighted by molar-refractivity contribution is 9.10. The Morgan fingerprint density at radius 3 is 2.92 bits per heavy atom. The third-order valence-corrected chi connectivity index (χ3v) is 2.01. The van der Waals surface area contributed by atoms with Crippen LogP contribution in [-0.4, -0.2) is 11.4 Å². The molecule has 13 heavy (non-hydrogen) atoms. The second kappa shape index (κ2) is 4.82. The summed E-state index contributed by atoms with van der Waals surface area (Å²) in [4.78, 5) is 10.0. The highest BCUT2D eigenvalue weighted by Crippen LogP contribution is 2.22. The van der Waals surface area contributed by atoms with Crippen LogP contribution in [0, 0.1) is 0 Å². The van der Waals surface area contributed by atoms with Crippen molar-refractivity contribution in [1.82, 2.24) is 0 Å². The normalized spacial score (nSPS) is 10.5. The summed E-state index contributed by atoms with van der Waals surface area (Å²) in [6.07, 6.45) is 4.60. The van der Waals surface area contributed by atoms with Crippen LogP contribution in [0.4, 0.5) is 0 Å². The van der Waals surface area contributed by atoms with Crippen LogP contribution >= 0.6 is 15.9 Å². The topological polar surface area (TPSA) is 37.3 Å². The minimum atomic E-state index is 0.213. The summed E-state index contributed by atoms with van der Waals surface area (Å²) in [6.45, 7) is 0. The van der Waals surface area contributed by atoms with Gasteiger partial charge in [0.1, 0.15) is 12.0 Å². The van der Waals surface area contributed by atoms with Crippen LogP contribution in [0.15, 0.2) is 28.7 Å². The molecule has 0 aromatic heterocycles. The van der Waals surface area contributed by atoms with Gasteiger partial charge in [0.05, 0.1) is 0 Å². The molecule has 0 saturated carbocycles. The van der Waals surface area contributed by atoms with E-state index in [1.165, 1.54) is 0 Å². The number of benzene rings is 1. The van der Waals surface area contributed by atoms with Gasteiger partial charge in [0.2, 0.25) is 0 Å². The first-order chi connectivity index (χ1) is 6.24. The van der Waals surface area contributed by atoms with E-state index in [1.54, 1.807) is 30.4 Å². The lowest BCUT2D eigenvalue weighted by molar-refractivity contribution is -0.107. The average Bonchev–Trinajstić information content (AvgIpc) is 2.11. The zero-order chi connectivity index (χ0) is 9.68. The maximum Gasteiger partial charge on any atom is 0.123 e. The van der Waals surface area contributed by atoms with E-state index >= 15 is 0 Å². The van der Waals surface area contributed by atoms with Gasteiger partial charge in [0, 0.05) is 16.5 Å². The number of hydrogen-bond donors (Lipinski definition) is 1.